The number of ketones is 1. The van der Waals surface area contributed by atoms with Crippen molar-refractivity contribution >= 4 is 11.5 Å². The van der Waals surface area contributed by atoms with E-state index in [-0.39, 0.29) is 30.7 Å². The average Bonchev–Trinajstić information content (AvgIpc) is 2.79. The maximum atomic E-state index is 12.2. The van der Waals surface area contributed by atoms with Crippen LogP contribution in [0, 0.1) is 16.0 Å². The van der Waals surface area contributed by atoms with Crippen LogP contribution in [-0.2, 0) is 0 Å². The monoisotopic (exact) mass is 278 g/mol. The zero-order chi connectivity index (χ0) is 14.7. The Morgan fingerprint density at radius 3 is 2.95 bits per heavy atom. The molecule has 1 fully saturated rings. The molecule has 1 N–H and O–H groups in total. The summed E-state index contributed by atoms with van der Waals surface area (Å²) in [5.41, 5.74) is 0.264. The number of aliphatic hydroxyl groups excluding tert-OH is 1. The number of hydrogen-bond donors (Lipinski definition) is 1. The lowest BCUT2D eigenvalue weighted by Gasteiger charge is -2.24. The summed E-state index contributed by atoms with van der Waals surface area (Å²) in [6.07, 6.45) is 0.952. The van der Waals surface area contributed by atoms with Crippen molar-refractivity contribution in [2.24, 2.45) is 5.92 Å². The van der Waals surface area contributed by atoms with Gasteiger partial charge in [0.15, 0.2) is 5.78 Å². The van der Waals surface area contributed by atoms with E-state index in [1.165, 1.54) is 18.2 Å². The maximum Gasteiger partial charge on any atom is 0.270 e. The van der Waals surface area contributed by atoms with Crippen molar-refractivity contribution in [1.29, 1.82) is 0 Å². The van der Waals surface area contributed by atoms with Crippen LogP contribution in [-0.4, -0.2) is 46.5 Å². The van der Waals surface area contributed by atoms with E-state index < -0.39 is 4.92 Å². The van der Waals surface area contributed by atoms with Crippen molar-refractivity contribution in [1.82, 2.24) is 4.90 Å². The molecule has 108 valence electrons. The number of benzene rings is 1. The minimum absolute atomic E-state index is 0.00218. The van der Waals surface area contributed by atoms with Crippen molar-refractivity contribution in [3.05, 3.63) is 39.9 Å². The third-order valence-electron chi connectivity index (χ3n) is 3.91. The second kappa shape index (κ2) is 6.11. The number of Topliss-reactive ketones (excluding diaryl/α,β-unsaturated/α-hetero) is 1. The molecule has 2 unspecified atom stereocenters. The highest BCUT2D eigenvalue weighted by atomic mass is 16.6. The smallest absolute Gasteiger partial charge is 0.270 e. The molecule has 1 saturated heterocycles. The Morgan fingerprint density at radius 2 is 2.30 bits per heavy atom. The van der Waals surface area contributed by atoms with Gasteiger partial charge in [0.05, 0.1) is 18.1 Å². The molecule has 6 heteroatoms. The quantitative estimate of drug-likeness (QED) is 0.501. The second-order valence-corrected chi connectivity index (χ2v) is 5.22. The fraction of sp³-hybridized carbons (Fsp3) is 0.500. The van der Waals surface area contributed by atoms with Gasteiger partial charge < -0.3 is 5.11 Å². The van der Waals surface area contributed by atoms with Gasteiger partial charge in [0.25, 0.3) is 5.69 Å². The van der Waals surface area contributed by atoms with Crippen molar-refractivity contribution in [2.75, 3.05) is 19.7 Å². The summed E-state index contributed by atoms with van der Waals surface area (Å²) in [5.74, 6) is 0.208. The van der Waals surface area contributed by atoms with Crippen LogP contribution in [0.2, 0.25) is 0 Å². The molecule has 6 nitrogen and oxygen atoms in total. The number of non-ortho nitro benzene ring substituents is 1. The molecule has 2 rings (SSSR count). The molecule has 0 radical (unpaired) electrons. The van der Waals surface area contributed by atoms with Crippen LogP contribution >= 0.6 is 0 Å². The molecular weight excluding hydrogens is 260 g/mol. The highest BCUT2D eigenvalue weighted by molar-refractivity contribution is 5.98. The number of aliphatic hydroxyl groups is 1. The zero-order valence-corrected chi connectivity index (χ0v) is 11.4. The molecule has 0 amide bonds. The van der Waals surface area contributed by atoms with Crippen LogP contribution in [0.3, 0.4) is 0 Å². The van der Waals surface area contributed by atoms with Crippen molar-refractivity contribution in [2.45, 2.75) is 19.4 Å². The van der Waals surface area contributed by atoms with Gasteiger partial charge in [-0.05, 0) is 18.9 Å². The maximum absolute atomic E-state index is 12.2. The molecule has 2 atom stereocenters. The lowest BCUT2D eigenvalue weighted by molar-refractivity contribution is -0.384. The van der Waals surface area contributed by atoms with Crippen molar-refractivity contribution < 1.29 is 14.8 Å². The summed E-state index contributed by atoms with van der Waals surface area (Å²) < 4.78 is 0. The number of nitro groups is 1. The zero-order valence-electron chi connectivity index (χ0n) is 11.4. The van der Waals surface area contributed by atoms with Crippen molar-refractivity contribution in [3.63, 3.8) is 0 Å². The Balaban J connectivity index is 2.08. The number of rotatable bonds is 5. The van der Waals surface area contributed by atoms with Crippen molar-refractivity contribution in [3.8, 4) is 0 Å². The lowest BCUT2D eigenvalue weighted by atomic mass is 10.0. The molecule has 1 heterocycles. The molecule has 0 saturated carbocycles. The predicted molar refractivity (Wildman–Crippen MR) is 73.7 cm³/mol. The van der Waals surface area contributed by atoms with Gasteiger partial charge in [-0.3, -0.25) is 19.8 Å². The number of nitrogens with zero attached hydrogens (tertiary/aromatic N) is 2. The molecule has 1 aliphatic rings. The summed E-state index contributed by atoms with van der Waals surface area (Å²) >= 11 is 0. The third-order valence-corrected chi connectivity index (χ3v) is 3.91. The third kappa shape index (κ3) is 3.02. The standard InChI is InChI=1S/C14H18N2O4/c1-10-5-6-15(13(10)9-17)8-14(18)11-3-2-4-12(7-11)16(19)20/h2-4,7,10,13,17H,5-6,8-9H2,1H3. The number of hydrogen-bond acceptors (Lipinski definition) is 5. The number of likely N-dealkylation sites (tertiary alicyclic amines) is 1. The van der Waals surface area contributed by atoms with E-state index in [4.69, 9.17) is 0 Å². The largest absolute Gasteiger partial charge is 0.395 e. The number of carbonyl (C=O) groups excluding carboxylic acids is 1. The van der Waals surface area contributed by atoms with Crippen LogP contribution in [0.15, 0.2) is 24.3 Å². The van der Waals surface area contributed by atoms with Gasteiger partial charge in [-0.15, -0.1) is 0 Å². The Labute approximate surface area is 117 Å². The summed E-state index contributed by atoms with van der Waals surface area (Å²) in [5, 5.41) is 20.1. The fourth-order valence-electron chi connectivity index (χ4n) is 2.65. The van der Waals surface area contributed by atoms with Gasteiger partial charge in [0.1, 0.15) is 0 Å². The highest BCUT2D eigenvalue weighted by Crippen LogP contribution is 2.24. The van der Waals surface area contributed by atoms with Gasteiger partial charge in [-0.25, -0.2) is 0 Å². The molecule has 0 bridgehead atoms. The fourth-order valence-corrected chi connectivity index (χ4v) is 2.65. The Hall–Kier alpha value is -1.79. The van der Waals surface area contributed by atoms with Gasteiger partial charge in [0.2, 0.25) is 0 Å². The van der Waals surface area contributed by atoms with Crippen LogP contribution in [0.1, 0.15) is 23.7 Å². The molecular formula is C14H18N2O4. The van der Waals surface area contributed by atoms with E-state index in [2.05, 4.69) is 6.92 Å². The Kier molecular flexibility index (Phi) is 4.46. The van der Waals surface area contributed by atoms with E-state index in [0.29, 0.717) is 11.5 Å². The first-order valence-electron chi connectivity index (χ1n) is 6.65. The van der Waals surface area contributed by atoms with E-state index in [9.17, 15) is 20.0 Å². The topological polar surface area (TPSA) is 83.7 Å². The molecule has 0 aromatic heterocycles. The van der Waals surface area contributed by atoms with E-state index >= 15 is 0 Å². The van der Waals surface area contributed by atoms with E-state index in [1.807, 2.05) is 4.90 Å². The highest BCUT2D eigenvalue weighted by Gasteiger charge is 2.31. The Morgan fingerprint density at radius 1 is 1.55 bits per heavy atom. The number of nitro benzene ring substituents is 1. The number of carbonyl (C=O) groups is 1. The van der Waals surface area contributed by atoms with E-state index in [0.717, 1.165) is 13.0 Å². The van der Waals surface area contributed by atoms with Crippen LogP contribution in [0.5, 0.6) is 0 Å². The van der Waals surface area contributed by atoms with Crippen LogP contribution in [0.25, 0.3) is 0 Å². The van der Waals surface area contributed by atoms with Gasteiger partial charge in [-0.1, -0.05) is 19.1 Å². The molecule has 20 heavy (non-hydrogen) atoms. The summed E-state index contributed by atoms with van der Waals surface area (Å²) in [6, 6.07) is 5.77. The first kappa shape index (κ1) is 14.6. The first-order valence-corrected chi connectivity index (χ1v) is 6.65. The molecule has 0 aliphatic carbocycles. The van der Waals surface area contributed by atoms with Gasteiger partial charge in [0, 0.05) is 23.7 Å². The summed E-state index contributed by atoms with van der Waals surface area (Å²) in [4.78, 5) is 24.4. The molecule has 1 aliphatic heterocycles. The Bertz CT molecular complexity index is 518. The molecule has 1 aromatic rings. The SMILES string of the molecule is CC1CCN(CC(=O)c2cccc([N+](=O)[O-])c2)C1CO. The lowest BCUT2D eigenvalue weighted by Crippen LogP contribution is -2.38. The average molecular weight is 278 g/mol. The summed E-state index contributed by atoms with van der Waals surface area (Å²) in [7, 11) is 0. The minimum atomic E-state index is -0.509. The van der Waals surface area contributed by atoms with Gasteiger partial charge in [-0.2, -0.15) is 0 Å². The normalized spacial score (nSPS) is 22.9. The second-order valence-electron chi connectivity index (χ2n) is 5.22. The predicted octanol–water partition coefficient (Wildman–Crippen LogP) is 1.48. The molecule has 0 spiro atoms. The first-order chi connectivity index (χ1) is 9.52. The van der Waals surface area contributed by atoms with Gasteiger partial charge >= 0.3 is 0 Å². The summed E-state index contributed by atoms with van der Waals surface area (Å²) in [6.45, 7) is 3.05. The van der Waals surface area contributed by atoms with Crippen LogP contribution < -0.4 is 0 Å². The molecule has 1 aromatic carbocycles. The minimum Gasteiger partial charge on any atom is -0.395 e. The van der Waals surface area contributed by atoms with E-state index in [1.54, 1.807) is 6.07 Å². The van der Waals surface area contributed by atoms with Crippen LogP contribution in [0.4, 0.5) is 5.69 Å².